The van der Waals surface area contributed by atoms with Crippen LogP contribution >= 0.6 is 0 Å². The van der Waals surface area contributed by atoms with Gasteiger partial charge in [-0.05, 0) is 199 Å². The maximum absolute atomic E-state index is 13.2. The summed E-state index contributed by atoms with van der Waals surface area (Å²) < 4.78 is 6.81. The lowest BCUT2D eigenvalue weighted by Gasteiger charge is -2.31. The maximum atomic E-state index is 13.2. The molecule has 0 bridgehead atoms. The fourth-order valence-electron chi connectivity index (χ4n) is 16.0. The minimum atomic E-state index is 0.0714. The lowest BCUT2D eigenvalue weighted by atomic mass is 9.79. The topological polar surface area (TPSA) is 141 Å². The van der Waals surface area contributed by atoms with E-state index in [-0.39, 0.29) is 35.8 Å². The highest BCUT2D eigenvalue weighted by molar-refractivity contribution is 5.95. The SMILES string of the molecule is CC(NC(=O)c1nn(C2CCCCC2)c2c1CCCC2)C1CCC1.CC(NC(=O)c1nn(C2CCCCC2)c2c1CCCC2)C1CCCCCC1.CC1CCC(C(C)NC(=O)c2nn(C3CCCCC3)c3c2CCCC3)CC1. The average molecular weight is 1070 g/mol. The molecule has 3 heterocycles. The van der Waals surface area contributed by atoms with Crippen LogP contribution in [0.2, 0.25) is 0 Å². The van der Waals surface area contributed by atoms with E-state index in [4.69, 9.17) is 15.3 Å². The van der Waals surface area contributed by atoms with Crippen molar-refractivity contribution in [3.8, 4) is 0 Å². The number of rotatable bonds is 12. The Morgan fingerprint density at radius 3 is 0.923 bits per heavy atom. The molecule has 3 atom stereocenters. The summed E-state index contributed by atoms with van der Waals surface area (Å²) in [6.07, 6.45) is 49.8. The van der Waals surface area contributed by atoms with Gasteiger partial charge in [0.05, 0.1) is 18.1 Å². The second-order valence-corrected chi connectivity index (χ2v) is 26.9. The van der Waals surface area contributed by atoms with Crippen molar-refractivity contribution in [1.82, 2.24) is 45.3 Å². The standard InChI is InChI=1S/2C23H37N3O.C20H31N3O/c1-16-12-14-18(15-13-16)17(2)24-23(27)22-20-10-6-7-11-21(20)26(25-22)19-8-4-3-5-9-19;1-17(18-11-5-2-3-6-12-18)24-23(27)22-20-15-9-10-16-21(20)26(25-22)19-13-7-4-8-14-19;1-14(15-8-7-9-15)21-20(24)19-17-12-5-6-13-18(17)23(22-19)16-10-3-2-4-11-16/h16-19H,3-15H2,1-2H3,(H,24,27);17-19H,2-16H2,1H3,(H,24,27);14-16H,2-13H2,1H3,(H,21,24). The summed E-state index contributed by atoms with van der Waals surface area (Å²) >= 11 is 0. The molecule has 3 N–H and O–H groups in total. The van der Waals surface area contributed by atoms with Gasteiger partial charge in [0.2, 0.25) is 0 Å². The van der Waals surface area contributed by atoms with E-state index in [2.05, 4.69) is 57.7 Å². The number of hydrogen-bond acceptors (Lipinski definition) is 6. The summed E-state index contributed by atoms with van der Waals surface area (Å²) in [5.74, 6) is 3.01. The van der Waals surface area contributed by atoms with Crippen molar-refractivity contribution in [2.75, 3.05) is 0 Å². The van der Waals surface area contributed by atoms with Gasteiger partial charge in [0.25, 0.3) is 17.7 Å². The van der Waals surface area contributed by atoms with Crippen molar-refractivity contribution in [3.05, 3.63) is 50.9 Å². The Balaban J connectivity index is 0.000000133. The van der Waals surface area contributed by atoms with Crippen molar-refractivity contribution in [3.63, 3.8) is 0 Å². The van der Waals surface area contributed by atoms with Crippen molar-refractivity contribution in [2.24, 2.45) is 23.7 Å². The molecule has 3 amide bonds. The van der Waals surface area contributed by atoms with Gasteiger partial charge in [-0.2, -0.15) is 15.3 Å². The third-order valence-corrected chi connectivity index (χ3v) is 21.3. The number of hydrogen-bond donors (Lipinski definition) is 3. The molecule has 0 radical (unpaired) electrons. The van der Waals surface area contributed by atoms with Crippen LogP contribution in [0, 0.1) is 23.7 Å². The lowest BCUT2D eigenvalue weighted by molar-refractivity contribution is 0.0895. The van der Waals surface area contributed by atoms with Crippen molar-refractivity contribution >= 4 is 17.7 Å². The molecule has 3 aromatic heterocycles. The van der Waals surface area contributed by atoms with E-state index in [1.165, 1.54) is 252 Å². The number of fused-ring (bicyclic) bond motifs is 3. The third kappa shape index (κ3) is 13.8. The Morgan fingerprint density at radius 2 is 0.615 bits per heavy atom. The molecule has 12 rings (SSSR count). The molecule has 78 heavy (non-hydrogen) atoms. The molecule has 12 nitrogen and oxygen atoms in total. The molecule has 3 aromatic rings. The van der Waals surface area contributed by atoms with Gasteiger partial charge < -0.3 is 16.0 Å². The van der Waals surface area contributed by atoms with Crippen LogP contribution in [0.5, 0.6) is 0 Å². The van der Waals surface area contributed by atoms with Crippen LogP contribution in [-0.2, 0) is 38.5 Å². The zero-order chi connectivity index (χ0) is 54.0. The van der Waals surface area contributed by atoms with Crippen molar-refractivity contribution < 1.29 is 14.4 Å². The predicted octanol–water partition coefficient (Wildman–Crippen LogP) is 14.8. The molecule has 12 heteroatoms. The van der Waals surface area contributed by atoms with Gasteiger partial charge >= 0.3 is 0 Å². The second-order valence-electron chi connectivity index (χ2n) is 26.9. The number of carbonyl (C=O) groups is 3. The van der Waals surface area contributed by atoms with Crippen molar-refractivity contribution in [2.45, 2.75) is 321 Å². The number of nitrogens with one attached hydrogen (secondary N) is 3. The van der Waals surface area contributed by atoms with Gasteiger partial charge in [0, 0.05) is 51.9 Å². The van der Waals surface area contributed by atoms with Crippen LogP contribution in [0.4, 0.5) is 0 Å². The van der Waals surface area contributed by atoms with Gasteiger partial charge in [-0.25, -0.2) is 0 Å². The Bertz CT molecular complexity index is 2410. The molecule has 0 spiro atoms. The van der Waals surface area contributed by atoms with E-state index >= 15 is 0 Å². The maximum Gasteiger partial charge on any atom is 0.272 e. The van der Waals surface area contributed by atoms with Gasteiger partial charge in [-0.1, -0.05) is 110 Å². The van der Waals surface area contributed by atoms with Crippen LogP contribution < -0.4 is 16.0 Å². The van der Waals surface area contributed by atoms with E-state index in [0.29, 0.717) is 35.9 Å². The first-order chi connectivity index (χ1) is 38.1. The molecular weight excluding hydrogens is 967 g/mol. The highest BCUT2D eigenvalue weighted by Gasteiger charge is 2.35. The van der Waals surface area contributed by atoms with Crippen LogP contribution in [0.15, 0.2) is 0 Å². The number of amides is 3. The Hall–Kier alpha value is -3.96. The number of aromatic nitrogens is 6. The van der Waals surface area contributed by atoms with E-state index < -0.39 is 0 Å². The van der Waals surface area contributed by atoms with Gasteiger partial charge in [0.15, 0.2) is 17.1 Å². The fourth-order valence-corrected chi connectivity index (χ4v) is 16.0. The molecule has 9 aliphatic carbocycles. The zero-order valence-corrected chi connectivity index (χ0v) is 49.5. The molecular formula is C66H105N9O3. The lowest BCUT2D eigenvalue weighted by Crippen LogP contribution is -2.41. The van der Waals surface area contributed by atoms with Crippen LogP contribution in [0.25, 0.3) is 0 Å². The summed E-state index contributed by atoms with van der Waals surface area (Å²) in [6.45, 7) is 8.91. The van der Waals surface area contributed by atoms with E-state index in [9.17, 15) is 14.4 Å². The summed E-state index contributed by atoms with van der Waals surface area (Å²) in [7, 11) is 0. The first kappa shape index (κ1) is 57.3. The normalized spacial score (nSPS) is 24.9. The molecule has 0 aliphatic heterocycles. The molecule has 9 aliphatic rings. The smallest absolute Gasteiger partial charge is 0.272 e. The third-order valence-electron chi connectivity index (χ3n) is 21.3. The van der Waals surface area contributed by atoms with Crippen LogP contribution in [0.3, 0.4) is 0 Å². The monoisotopic (exact) mass is 1070 g/mol. The first-order valence-electron chi connectivity index (χ1n) is 33.3. The summed E-state index contributed by atoms with van der Waals surface area (Å²) in [4.78, 5) is 39.2. The first-order valence-corrected chi connectivity index (χ1v) is 33.3. The molecule has 6 saturated carbocycles. The Morgan fingerprint density at radius 1 is 0.346 bits per heavy atom. The number of nitrogens with zero attached hydrogens (tertiary/aromatic N) is 6. The number of carbonyl (C=O) groups excluding carboxylic acids is 3. The molecule has 3 unspecified atom stereocenters. The Labute approximate surface area is 470 Å². The molecule has 432 valence electrons. The van der Waals surface area contributed by atoms with E-state index in [0.717, 1.165) is 61.5 Å². The molecule has 6 fully saturated rings. The summed E-state index contributed by atoms with van der Waals surface area (Å²) in [5.41, 5.74) is 10.1. The van der Waals surface area contributed by atoms with E-state index in [1.54, 1.807) is 0 Å². The van der Waals surface area contributed by atoms with Crippen molar-refractivity contribution in [1.29, 1.82) is 0 Å². The zero-order valence-electron chi connectivity index (χ0n) is 49.5. The summed E-state index contributed by atoms with van der Waals surface area (Å²) in [6, 6.07) is 2.36. The molecule has 0 aromatic carbocycles. The average Bonchev–Trinajstić information content (AvgIpc) is 4.20. The van der Waals surface area contributed by atoms with Gasteiger partial charge in [-0.15, -0.1) is 0 Å². The quantitative estimate of drug-likeness (QED) is 0.154. The fraction of sp³-hybridized carbons (Fsp3) is 0.818. The second kappa shape index (κ2) is 27.7. The van der Waals surface area contributed by atoms with Gasteiger partial charge in [-0.3, -0.25) is 28.4 Å². The highest BCUT2D eigenvalue weighted by Crippen LogP contribution is 2.38. The minimum Gasteiger partial charge on any atom is -0.348 e. The highest BCUT2D eigenvalue weighted by atomic mass is 16.2. The largest absolute Gasteiger partial charge is 0.348 e. The van der Waals surface area contributed by atoms with Crippen LogP contribution in [0.1, 0.15) is 329 Å². The van der Waals surface area contributed by atoms with Crippen LogP contribution in [-0.4, -0.2) is 65.2 Å². The molecule has 0 saturated heterocycles. The minimum absolute atomic E-state index is 0.0714. The van der Waals surface area contributed by atoms with Gasteiger partial charge in [0.1, 0.15) is 0 Å². The summed E-state index contributed by atoms with van der Waals surface area (Å²) in [5, 5.41) is 24.7. The Kier molecular flexibility index (Phi) is 20.3. The predicted molar refractivity (Wildman–Crippen MR) is 313 cm³/mol. The van der Waals surface area contributed by atoms with E-state index in [1.807, 2.05) is 0 Å².